The first kappa shape index (κ1) is 17.2. The van der Waals surface area contributed by atoms with E-state index in [0.29, 0.717) is 5.82 Å². The molecular formula is C16H24ClN3O2. The van der Waals surface area contributed by atoms with Crippen molar-refractivity contribution in [2.75, 3.05) is 6.54 Å². The molecule has 0 bridgehead atoms. The van der Waals surface area contributed by atoms with E-state index in [2.05, 4.69) is 15.3 Å². The Balaban J connectivity index is 2.04. The molecule has 0 aromatic carbocycles. The van der Waals surface area contributed by atoms with Crippen molar-refractivity contribution in [1.82, 2.24) is 15.3 Å². The summed E-state index contributed by atoms with van der Waals surface area (Å²) >= 11 is 6.03. The van der Waals surface area contributed by atoms with Gasteiger partial charge in [0.25, 0.3) is 5.91 Å². The molecule has 5 nitrogen and oxygen atoms in total. The van der Waals surface area contributed by atoms with Crippen molar-refractivity contribution in [3.8, 4) is 0 Å². The molecule has 0 aliphatic heterocycles. The van der Waals surface area contributed by atoms with E-state index < -0.39 is 5.60 Å². The van der Waals surface area contributed by atoms with Crippen molar-refractivity contribution in [2.24, 2.45) is 0 Å². The van der Waals surface area contributed by atoms with Crippen molar-refractivity contribution < 1.29 is 9.90 Å². The number of nitrogens with one attached hydrogen (secondary N) is 1. The van der Waals surface area contributed by atoms with Crippen LogP contribution in [0.5, 0.6) is 0 Å². The second-order valence-electron chi connectivity index (χ2n) is 6.40. The van der Waals surface area contributed by atoms with Gasteiger partial charge in [-0.25, -0.2) is 9.97 Å². The maximum absolute atomic E-state index is 12.3. The van der Waals surface area contributed by atoms with E-state index in [1.54, 1.807) is 0 Å². The first-order chi connectivity index (χ1) is 10.4. The number of hydrogen-bond donors (Lipinski definition) is 2. The molecule has 1 amide bonds. The second kappa shape index (κ2) is 7.38. The molecular weight excluding hydrogens is 302 g/mol. The normalized spacial score (nSPS) is 18.0. The van der Waals surface area contributed by atoms with Gasteiger partial charge in [0.05, 0.1) is 16.8 Å². The van der Waals surface area contributed by atoms with Gasteiger partial charge >= 0.3 is 0 Å². The minimum Gasteiger partial charge on any atom is -0.388 e. The fraction of sp³-hybridized carbons (Fsp3) is 0.688. The van der Waals surface area contributed by atoms with E-state index in [-0.39, 0.29) is 29.1 Å². The number of hydrogen-bond acceptors (Lipinski definition) is 4. The Morgan fingerprint density at radius 2 is 2.00 bits per heavy atom. The molecule has 22 heavy (non-hydrogen) atoms. The van der Waals surface area contributed by atoms with Gasteiger partial charge in [0.1, 0.15) is 11.5 Å². The van der Waals surface area contributed by atoms with Crippen LogP contribution in [-0.4, -0.2) is 33.1 Å². The number of nitrogens with zero attached hydrogens (tertiary/aromatic N) is 2. The molecule has 1 fully saturated rings. The summed E-state index contributed by atoms with van der Waals surface area (Å²) < 4.78 is 0. The minimum absolute atomic E-state index is 0.120. The molecule has 0 saturated heterocycles. The Morgan fingerprint density at radius 3 is 2.59 bits per heavy atom. The molecule has 1 aromatic rings. The third-order valence-corrected chi connectivity index (χ3v) is 4.38. The molecule has 2 N–H and O–H groups in total. The van der Waals surface area contributed by atoms with Crippen LogP contribution in [0.3, 0.4) is 0 Å². The number of aliphatic hydroxyl groups is 1. The van der Waals surface area contributed by atoms with E-state index in [9.17, 15) is 9.90 Å². The van der Waals surface area contributed by atoms with E-state index in [0.717, 1.165) is 38.5 Å². The molecule has 1 aliphatic rings. The van der Waals surface area contributed by atoms with E-state index >= 15 is 0 Å². The molecule has 0 spiro atoms. The zero-order valence-corrected chi connectivity index (χ0v) is 14.0. The van der Waals surface area contributed by atoms with Crippen molar-refractivity contribution in [3.05, 3.63) is 22.7 Å². The van der Waals surface area contributed by atoms with Crippen LogP contribution in [0.15, 0.2) is 6.20 Å². The van der Waals surface area contributed by atoms with Crippen molar-refractivity contribution in [2.45, 2.75) is 63.9 Å². The van der Waals surface area contributed by atoms with Crippen LogP contribution in [0.4, 0.5) is 0 Å². The Morgan fingerprint density at radius 1 is 1.36 bits per heavy atom. The highest BCUT2D eigenvalue weighted by molar-refractivity contribution is 6.33. The Kier molecular flexibility index (Phi) is 5.75. The first-order valence-electron chi connectivity index (χ1n) is 7.94. The molecule has 0 radical (unpaired) electrons. The first-order valence-corrected chi connectivity index (χ1v) is 8.32. The van der Waals surface area contributed by atoms with Crippen LogP contribution in [0, 0.1) is 0 Å². The van der Waals surface area contributed by atoms with Crippen LogP contribution in [-0.2, 0) is 0 Å². The van der Waals surface area contributed by atoms with Crippen molar-refractivity contribution >= 4 is 17.5 Å². The lowest BCUT2D eigenvalue weighted by Crippen LogP contribution is -2.42. The predicted octanol–water partition coefficient (Wildman–Crippen LogP) is 3.07. The summed E-state index contributed by atoms with van der Waals surface area (Å²) in [6, 6.07) is 0. The lowest BCUT2D eigenvalue weighted by Gasteiger charge is -2.26. The van der Waals surface area contributed by atoms with Gasteiger partial charge in [-0.05, 0) is 12.8 Å². The number of carbonyl (C=O) groups is 1. The fourth-order valence-corrected chi connectivity index (χ4v) is 2.89. The number of amides is 1. The number of halogens is 1. The quantitative estimate of drug-likeness (QED) is 0.834. The zero-order chi connectivity index (χ0) is 16.2. The summed E-state index contributed by atoms with van der Waals surface area (Å²) in [4.78, 5) is 20.7. The van der Waals surface area contributed by atoms with Gasteiger partial charge in [-0.2, -0.15) is 0 Å². The largest absolute Gasteiger partial charge is 0.388 e. The average Bonchev–Trinajstić information content (AvgIpc) is 2.70. The van der Waals surface area contributed by atoms with Gasteiger partial charge in [-0.15, -0.1) is 0 Å². The zero-order valence-electron chi connectivity index (χ0n) is 13.2. The average molecular weight is 326 g/mol. The molecule has 122 valence electrons. The standard InChI is InChI=1S/C16H24ClN3O2/c1-11(2)14-18-9-12(17)13(20-14)15(21)19-10-16(22)7-5-3-4-6-8-16/h9,11,22H,3-8,10H2,1-2H3,(H,19,21). The molecule has 1 aromatic heterocycles. The van der Waals surface area contributed by atoms with Gasteiger partial charge in [0.2, 0.25) is 0 Å². The summed E-state index contributed by atoms with van der Waals surface area (Å²) in [7, 11) is 0. The molecule has 2 rings (SSSR count). The molecule has 1 saturated carbocycles. The van der Waals surface area contributed by atoms with Crippen LogP contribution in [0.1, 0.15) is 74.6 Å². The summed E-state index contributed by atoms with van der Waals surface area (Å²) in [5, 5.41) is 13.6. The third-order valence-electron chi connectivity index (χ3n) is 4.11. The topological polar surface area (TPSA) is 75.1 Å². The van der Waals surface area contributed by atoms with E-state index in [4.69, 9.17) is 11.6 Å². The molecule has 1 aliphatic carbocycles. The van der Waals surface area contributed by atoms with Gasteiger partial charge in [-0.3, -0.25) is 4.79 Å². The monoisotopic (exact) mass is 325 g/mol. The summed E-state index contributed by atoms with van der Waals surface area (Å²) in [6.07, 6.45) is 7.19. The number of rotatable bonds is 4. The summed E-state index contributed by atoms with van der Waals surface area (Å²) in [5.41, 5.74) is -0.635. The Labute approximate surface area is 136 Å². The number of carbonyl (C=O) groups excluding carboxylic acids is 1. The minimum atomic E-state index is -0.813. The second-order valence-corrected chi connectivity index (χ2v) is 6.81. The number of aromatic nitrogens is 2. The SMILES string of the molecule is CC(C)c1ncc(Cl)c(C(=O)NCC2(O)CCCCCC2)n1. The smallest absolute Gasteiger partial charge is 0.271 e. The summed E-state index contributed by atoms with van der Waals surface area (Å²) in [6.45, 7) is 4.15. The lowest BCUT2D eigenvalue weighted by molar-refractivity contribution is 0.0246. The molecule has 6 heteroatoms. The maximum Gasteiger partial charge on any atom is 0.271 e. The van der Waals surface area contributed by atoms with Gasteiger partial charge in [-0.1, -0.05) is 51.1 Å². The van der Waals surface area contributed by atoms with Gasteiger partial charge < -0.3 is 10.4 Å². The molecule has 1 heterocycles. The van der Waals surface area contributed by atoms with Crippen molar-refractivity contribution in [3.63, 3.8) is 0 Å². The van der Waals surface area contributed by atoms with Crippen LogP contribution < -0.4 is 5.32 Å². The van der Waals surface area contributed by atoms with Gasteiger partial charge in [0, 0.05) is 12.5 Å². The van der Waals surface area contributed by atoms with Crippen LogP contribution >= 0.6 is 11.6 Å². The van der Waals surface area contributed by atoms with E-state index in [1.807, 2.05) is 13.8 Å². The highest BCUT2D eigenvalue weighted by Gasteiger charge is 2.29. The molecule has 0 atom stereocenters. The highest BCUT2D eigenvalue weighted by atomic mass is 35.5. The Hall–Kier alpha value is -1.20. The fourth-order valence-electron chi connectivity index (χ4n) is 2.71. The predicted molar refractivity (Wildman–Crippen MR) is 86.1 cm³/mol. The van der Waals surface area contributed by atoms with E-state index in [1.165, 1.54) is 6.20 Å². The van der Waals surface area contributed by atoms with Crippen LogP contribution in [0.25, 0.3) is 0 Å². The summed E-state index contributed by atoms with van der Waals surface area (Å²) in [5.74, 6) is 0.351. The van der Waals surface area contributed by atoms with Gasteiger partial charge in [0.15, 0.2) is 0 Å². The third kappa shape index (κ3) is 4.40. The van der Waals surface area contributed by atoms with Crippen molar-refractivity contribution in [1.29, 1.82) is 0 Å². The Bertz CT molecular complexity index is 526. The highest BCUT2D eigenvalue weighted by Crippen LogP contribution is 2.26. The molecule has 0 unspecified atom stereocenters. The lowest BCUT2D eigenvalue weighted by atomic mass is 9.94. The maximum atomic E-state index is 12.3. The van der Waals surface area contributed by atoms with Crippen LogP contribution in [0.2, 0.25) is 5.02 Å².